The first-order valence-corrected chi connectivity index (χ1v) is 5.02. The largest absolute Gasteiger partial charge is 0.324 e. The average molecular weight is 231 g/mol. The van der Waals surface area contributed by atoms with Gasteiger partial charge in [-0.05, 0) is 24.6 Å². The summed E-state index contributed by atoms with van der Waals surface area (Å²) < 4.78 is 12.8. The Morgan fingerprint density at radius 1 is 1.53 bits per heavy atom. The fourth-order valence-corrected chi connectivity index (χ4v) is 1.27. The Labute approximate surface area is 98.3 Å². The maximum atomic E-state index is 12.8. The molecule has 0 aliphatic carbocycles. The summed E-state index contributed by atoms with van der Waals surface area (Å²) in [5.74, 6) is -1.81. The van der Waals surface area contributed by atoms with Crippen molar-refractivity contribution in [1.29, 1.82) is 10.5 Å². The van der Waals surface area contributed by atoms with Crippen LogP contribution in [0.3, 0.4) is 0 Å². The molecule has 86 valence electrons. The summed E-state index contributed by atoms with van der Waals surface area (Å²) in [6, 6.07) is 7.11. The van der Waals surface area contributed by atoms with Gasteiger partial charge in [-0.15, -0.1) is 0 Å². The highest BCUT2D eigenvalue weighted by atomic mass is 19.1. The molecule has 1 unspecified atom stereocenters. The summed E-state index contributed by atoms with van der Waals surface area (Å²) in [5, 5.41) is 19.9. The second-order valence-electron chi connectivity index (χ2n) is 3.38. The number of hydrogen-bond acceptors (Lipinski definition) is 3. The number of anilines is 1. The van der Waals surface area contributed by atoms with Gasteiger partial charge < -0.3 is 5.32 Å². The molecular weight excluding hydrogens is 221 g/mol. The third-order valence-electron chi connectivity index (χ3n) is 2.24. The Bertz CT molecular complexity index is 513. The Kier molecular flexibility index (Phi) is 4.19. The van der Waals surface area contributed by atoms with Crippen LogP contribution < -0.4 is 5.32 Å². The number of carbonyl (C=O) groups is 1. The molecule has 0 spiro atoms. The van der Waals surface area contributed by atoms with E-state index in [2.05, 4.69) is 5.32 Å². The molecule has 0 fully saturated rings. The second-order valence-corrected chi connectivity index (χ2v) is 3.38. The molecule has 0 saturated heterocycles. The molecule has 1 aromatic carbocycles. The number of carbonyl (C=O) groups excluding carboxylic acids is 1. The lowest BCUT2D eigenvalue weighted by Gasteiger charge is -2.09. The molecular formula is C12H10FN3O. The fraction of sp³-hybridized carbons (Fsp3) is 0.250. The van der Waals surface area contributed by atoms with Gasteiger partial charge in [-0.2, -0.15) is 10.5 Å². The van der Waals surface area contributed by atoms with E-state index in [-0.39, 0.29) is 11.3 Å². The Hall–Kier alpha value is -2.40. The van der Waals surface area contributed by atoms with Gasteiger partial charge in [-0.3, -0.25) is 4.79 Å². The van der Waals surface area contributed by atoms with Crippen LogP contribution in [0.1, 0.15) is 18.9 Å². The minimum Gasteiger partial charge on any atom is -0.324 e. The van der Waals surface area contributed by atoms with Crippen LogP contribution in [0.25, 0.3) is 0 Å². The van der Waals surface area contributed by atoms with Gasteiger partial charge in [0.2, 0.25) is 5.91 Å². The van der Waals surface area contributed by atoms with Gasteiger partial charge in [0.1, 0.15) is 17.8 Å². The molecule has 0 bridgehead atoms. The molecule has 5 heteroatoms. The molecule has 17 heavy (non-hydrogen) atoms. The maximum Gasteiger partial charge on any atom is 0.241 e. The van der Waals surface area contributed by atoms with Gasteiger partial charge in [0.05, 0.1) is 17.3 Å². The van der Waals surface area contributed by atoms with Crippen molar-refractivity contribution >= 4 is 11.6 Å². The van der Waals surface area contributed by atoms with Crippen molar-refractivity contribution in [3.05, 3.63) is 29.6 Å². The molecule has 1 amide bonds. The monoisotopic (exact) mass is 231 g/mol. The van der Waals surface area contributed by atoms with E-state index in [0.29, 0.717) is 6.42 Å². The maximum absolute atomic E-state index is 12.8. The van der Waals surface area contributed by atoms with Crippen molar-refractivity contribution in [2.75, 3.05) is 5.32 Å². The number of hydrogen-bond donors (Lipinski definition) is 1. The highest BCUT2D eigenvalue weighted by Gasteiger charge is 2.16. The molecule has 1 rings (SSSR count). The predicted octanol–water partition coefficient (Wildman–Crippen LogP) is 2.19. The number of nitrogens with one attached hydrogen (secondary N) is 1. The zero-order valence-corrected chi connectivity index (χ0v) is 9.20. The Morgan fingerprint density at radius 3 is 2.76 bits per heavy atom. The van der Waals surface area contributed by atoms with Crippen molar-refractivity contribution in [3.8, 4) is 12.1 Å². The Morgan fingerprint density at radius 2 is 2.24 bits per heavy atom. The van der Waals surface area contributed by atoms with E-state index in [0.717, 1.165) is 12.1 Å². The van der Waals surface area contributed by atoms with Crippen molar-refractivity contribution in [2.24, 2.45) is 5.92 Å². The molecule has 0 saturated carbocycles. The van der Waals surface area contributed by atoms with Crippen LogP contribution in [0.15, 0.2) is 18.2 Å². The van der Waals surface area contributed by atoms with Crippen LogP contribution in [0.4, 0.5) is 10.1 Å². The summed E-state index contributed by atoms with van der Waals surface area (Å²) in [6.45, 7) is 1.71. The minimum atomic E-state index is -0.772. The summed E-state index contributed by atoms with van der Waals surface area (Å²) in [6.07, 6.45) is 0.380. The lowest BCUT2D eigenvalue weighted by atomic mass is 10.1. The first-order chi connectivity index (χ1) is 8.12. The minimum absolute atomic E-state index is 0.0335. The highest BCUT2D eigenvalue weighted by Crippen LogP contribution is 2.17. The third kappa shape index (κ3) is 3.02. The van der Waals surface area contributed by atoms with Crippen molar-refractivity contribution in [1.82, 2.24) is 0 Å². The summed E-state index contributed by atoms with van der Waals surface area (Å²) >= 11 is 0. The number of halogens is 1. The number of nitrogens with zero attached hydrogens (tertiary/aromatic N) is 2. The second kappa shape index (κ2) is 5.62. The zero-order chi connectivity index (χ0) is 12.8. The normalized spacial score (nSPS) is 11.1. The van der Waals surface area contributed by atoms with Crippen LogP contribution in [-0.2, 0) is 4.79 Å². The van der Waals surface area contributed by atoms with E-state index in [4.69, 9.17) is 10.5 Å². The molecule has 0 aliphatic rings. The van der Waals surface area contributed by atoms with Crippen LogP contribution in [0.2, 0.25) is 0 Å². The molecule has 1 atom stereocenters. The van der Waals surface area contributed by atoms with Crippen molar-refractivity contribution in [2.45, 2.75) is 13.3 Å². The van der Waals surface area contributed by atoms with E-state index in [1.54, 1.807) is 13.0 Å². The molecule has 1 N–H and O–H groups in total. The lowest BCUT2D eigenvalue weighted by molar-refractivity contribution is -0.118. The van der Waals surface area contributed by atoms with E-state index in [1.165, 1.54) is 6.07 Å². The smallest absolute Gasteiger partial charge is 0.241 e. The SMILES string of the molecule is CCC(C#N)C(=O)Nc1ccc(F)cc1C#N. The zero-order valence-electron chi connectivity index (χ0n) is 9.20. The standard InChI is InChI=1S/C12H10FN3O/c1-2-8(6-14)12(17)16-11-4-3-10(13)5-9(11)7-15/h3-5,8H,2H2,1H3,(H,16,17). The molecule has 4 nitrogen and oxygen atoms in total. The number of benzene rings is 1. The number of rotatable bonds is 3. The van der Waals surface area contributed by atoms with E-state index < -0.39 is 17.6 Å². The quantitative estimate of drug-likeness (QED) is 0.866. The fourth-order valence-electron chi connectivity index (χ4n) is 1.27. The molecule has 0 radical (unpaired) electrons. The first kappa shape index (κ1) is 12.7. The lowest BCUT2D eigenvalue weighted by Crippen LogP contribution is -2.21. The van der Waals surface area contributed by atoms with Gasteiger partial charge in [0, 0.05) is 0 Å². The van der Waals surface area contributed by atoms with E-state index in [9.17, 15) is 9.18 Å². The molecule has 0 heterocycles. The van der Waals surface area contributed by atoms with Gasteiger partial charge in [-0.25, -0.2) is 4.39 Å². The molecule has 0 aromatic heterocycles. The number of nitriles is 2. The van der Waals surface area contributed by atoms with E-state index in [1.807, 2.05) is 6.07 Å². The van der Waals surface area contributed by atoms with Gasteiger partial charge in [0.15, 0.2) is 0 Å². The van der Waals surface area contributed by atoms with Gasteiger partial charge in [0.25, 0.3) is 0 Å². The molecule has 0 aliphatic heterocycles. The molecule has 1 aromatic rings. The van der Waals surface area contributed by atoms with Crippen LogP contribution in [-0.4, -0.2) is 5.91 Å². The number of amides is 1. The van der Waals surface area contributed by atoms with E-state index >= 15 is 0 Å². The van der Waals surface area contributed by atoms with Crippen LogP contribution in [0.5, 0.6) is 0 Å². The predicted molar refractivity (Wildman–Crippen MR) is 59.1 cm³/mol. The summed E-state index contributed by atoms with van der Waals surface area (Å²) in [5.41, 5.74) is 0.249. The van der Waals surface area contributed by atoms with Gasteiger partial charge in [-0.1, -0.05) is 6.92 Å². The highest BCUT2D eigenvalue weighted by molar-refractivity contribution is 5.95. The van der Waals surface area contributed by atoms with Crippen molar-refractivity contribution < 1.29 is 9.18 Å². The summed E-state index contributed by atoms with van der Waals surface area (Å²) in [7, 11) is 0. The summed E-state index contributed by atoms with van der Waals surface area (Å²) in [4.78, 5) is 11.6. The van der Waals surface area contributed by atoms with Crippen molar-refractivity contribution in [3.63, 3.8) is 0 Å². The van der Waals surface area contributed by atoms with Crippen LogP contribution in [0, 0.1) is 34.4 Å². The first-order valence-electron chi connectivity index (χ1n) is 5.02. The van der Waals surface area contributed by atoms with Gasteiger partial charge >= 0.3 is 0 Å². The topological polar surface area (TPSA) is 76.7 Å². The average Bonchev–Trinajstić information content (AvgIpc) is 2.33. The van der Waals surface area contributed by atoms with Crippen LogP contribution >= 0.6 is 0 Å². The Balaban J connectivity index is 2.94. The third-order valence-corrected chi connectivity index (χ3v) is 2.24.